The Morgan fingerprint density at radius 1 is 1.12 bits per heavy atom. The lowest BCUT2D eigenvalue weighted by Crippen LogP contribution is -2.44. The van der Waals surface area contributed by atoms with Crippen LogP contribution in [-0.2, 0) is 27.3 Å². The molecular weight excluding hydrogens is 524 g/mol. The zero-order chi connectivity index (χ0) is 28.4. The molecule has 4 aromatic rings. The molecule has 0 radical (unpaired) electrons. The molecule has 1 aliphatic heterocycles. The number of carbonyl (C=O) groups is 2. The van der Waals surface area contributed by atoms with E-state index >= 15 is 0 Å². The van der Waals surface area contributed by atoms with Crippen molar-refractivity contribution < 1.29 is 14.3 Å². The van der Waals surface area contributed by atoms with Crippen LogP contribution in [0.1, 0.15) is 43.1 Å². The summed E-state index contributed by atoms with van der Waals surface area (Å²) >= 11 is 6.07. The first-order chi connectivity index (χ1) is 19.3. The molecule has 2 amide bonds. The van der Waals surface area contributed by atoms with Crippen LogP contribution in [0.25, 0.3) is 11.0 Å². The number of carbonyl (C=O) groups excluding carboxylic acids is 2. The highest BCUT2D eigenvalue weighted by atomic mass is 35.5. The molecule has 208 valence electrons. The second kappa shape index (κ2) is 11.8. The molecule has 1 aliphatic rings. The van der Waals surface area contributed by atoms with Crippen LogP contribution in [0.15, 0.2) is 66.7 Å². The van der Waals surface area contributed by atoms with Crippen molar-refractivity contribution in [1.29, 1.82) is 0 Å². The minimum absolute atomic E-state index is 0.0279. The highest BCUT2D eigenvalue weighted by Gasteiger charge is 2.36. The van der Waals surface area contributed by atoms with Crippen molar-refractivity contribution in [2.24, 2.45) is 0 Å². The molecule has 1 fully saturated rings. The Morgan fingerprint density at radius 3 is 2.60 bits per heavy atom. The van der Waals surface area contributed by atoms with Gasteiger partial charge in [-0.3, -0.25) is 9.59 Å². The Morgan fingerprint density at radius 2 is 1.88 bits per heavy atom. The molecule has 1 saturated heterocycles. The Bertz CT molecular complexity index is 1530. The fourth-order valence-corrected chi connectivity index (χ4v) is 5.92. The highest BCUT2D eigenvalue weighted by Crippen LogP contribution is 2.34. The smallest absolute Gasteiger partial charge is 0.247 e. The topological polar surface area (TPSA) is 67.7 Å². The van der Waals surface area contributed by atoms with Crippen LogP contribution in [0, 0.1) is 6.92 Å². The van der Waals surface area contributed by atoms with E-state index in [4.69, 9.17) is 21.3 Å². The average molecular weight is 559 g/mol. The number of hydrogen-bond donors (Lipinski definition) is 0. The summed E-state index contributed by atoms with van der Waals surface area (Å²) in [6.45, 7) is 7.16. The van der Waals surface area contributed by atoms with Gasteiger partial charge in [-0.05, 0) is 67.8 Å². The molecule has 2 heterocycles. The van der Waals surface area contributed by atoms with Gasteiger partial charge in [0.05, 0.1) is 29.4 Å². The number of methoxy groups -OCH3 is 1. The van der Waals surface area contributed by atoms with Gasteiger partial charge in [0, 0.05) is 36.7 Å². The quantitative estimate of drug-likeness (QED) is 0.247. The molecule has 7 nitrogen and oxygen atoms in total. The van der Waals surface area contributed by atoms with Crippen molar-refractivity contribution in [3.05, 3.63) is 88.7 Å². The lowest BCUT2D eigenvalue weighted by molar-refractivity contribution is -0.120. The van der Waals surface area contributed by atoms with Gasteiger partial charge in [-0.15, -0.1) is 0 Å². The van der Waals surface area contributed by atoms with E-state index in [0.29, 0.717) is 24.6 Å². The van der Waals surface area contributed by atoms with E-state index in [-0.39, 0.29) is 30.3 Å². The summed E-state index contributed by atoms with van der Waals surface area (Å²) in [4.78, 5) is 36.0. The number of imidazole rings is 1. The number of aryl methyl sites for hydroxylation is 2. The second-order valence-electron chi connectivity index (χ2n) is 10.4. The summed E-state index contributed by atoms with van der Waals surface area (Å²) in [6.07, 6.45) is 1.13. The fraction of sp³-hybridized carbons (Fsp3) is 0.344. The first-order valence-electron chi connectivity index (χ1n) is 13.7. The molecule has 3 aromatic carbocycles. The van der Waals surface area contributed by atoms with Gasteiger partial charge >= 0.3 is 0 Å². The third-order valence-corrected chi connectivity index (χ3v) is 7.92. The standard InChI is InChI=1S/C32H35ClN4O3/c1-5-23-10-8-9-21(2)31(23)37(22(3)20-40-4)30(39)19-36-28-12-7-6-11-27(28)34-32(36)24-17-29(38)35(18-24)26-15-13-25(33)14-16-26/h6-16,22,24H,5,17-20H2,1-4H3. The molecule has 8 heteroatoms. The monoisotopic (exact) mass is 558 g/mol. The zero-order valence-electron chi connectivity index (χ0n) is 23.4. The van der Waals surface area contributed by atoms with Crippen LogP contribution in [0.3, 0.4) is 0 Å². The van der Waals surface area contributed by atoms with Gasteiger partial charge < -0.3 is 19.1 Å². The minimum atomic E-state index is -0.171. The maximum Gasteiger partial charge on any atom is 0.247 e. The van der Waals surface area contributed by atoms with Crippen molar-refractivity contribution in [2.75, 3.05) is 30.1 Å². The number of aromatic nitrogens is 2. The lowest BCUT2D eigenvalue weighted by atomic mass is 10.0. The van der Waals surface area contributed by atoms with E-state index in [0.717, 1.165) is 45.8 Å². The maximum atomic E-state index is 14.3. The largest absolute Gasteiger partial charge is 0.383 e. The molecule has 2 atom stereocenters. The third kappa shape index (κ3) is 5.36. The Labute approximate surface area is 240 Å². The predicted octanol–water partition coefficient (Wildman–Crippen LogP) is 6.15. The van der Waals surface area contributed by atoms with E-state index in [1.807, 2.05) is 71.8 Å². The van der Waals surface area contributed by atoms with Crippen LogP contribution >= 0.6 is 11.6 Å². The third-order valence-electron chi connectivity index (χ3n) is 7.67. The number of fused-ring (bicyclic) bond motifs is 1. The number of halogens is 1. The summed E-state index contributed by atoms with van der Waals surface area (Å²) in [5, 5.41) is 0.624. The van der Waals surface area contributed by atoms with Crippen LogP contribution in [0.4, 0.5) is 11.4 Å². The van der Waals surface area contributed by atoms with Crippen molar-refractivity contribution in [1.82, 2.24) is 9.55 Å². The molecule has 0 saturated carbocycles. The molecule has 40 heavy (non-hydrogen) atoms. The Kier molecular flexibility index (Phi) is 8.24. The first-order valence-corrected chi connectivity index (χ1v) is 14.1. The number of hydrogen-bond acceptors (Lipinski definition) is 4. The number of rotatable bonds is 9. The summed E-state index contributed by atoms with van der Waals surface area (Å²) in [6, 6.07) is 21.1. The van der Waals surface area contributed by atoms with Gasteiger partial charge in [0.25, 0.3) is 0 Å². The van der Waals surface area contributed by atoms with Gasteiger partial charge in [0.2, 0.25) is 11.8 Å². The molecule has 1 aromatic heterocycles. The van der Waals surface area contributed by atoms with Crippen molar-refractivity contribution in [3.63, 3.8) is 0 Å². The molecule has 0 bridgehead atoms. The van der Waals surface area contributed by atoms with Crippen LogP contribution in [0.5, 0.6) is 0 Å². The number of anilines is 2. The SMILES string of the molecule is CCc1cccc(C)c1N(C(=O)Cn1c(C2CC(=O)N(c3ccc(Cl)cc3)C2)nc2ccccc21)C(C)COC. The van der Waals surface area contributed by atoms with Crippen molar-refractivity contribution in [3.8, 4) is 0 Å². The normalized spacial score (nSPS) is 16.1. The highest BCUT2D eigenvalue weighted by molar-refractivity contribution is 6.30. The molecule has 0 aliphatic carbocycles. The summed E-state index contributed by atoms with van der Waals surface area (Å²) in [7, 11) is 1.66. The number of amides is 2. The van der Waals surface area contributed by atoms with Crippen LogP contribution in [-0.4, -0.2) is 47.7 Å². The zero-order valence-corrected chi connectivity index (χ0v) is 24.2. The van der Waals surface area contributed by atoms with Crippen molar-refractivity contribution in [2.45, 2.75) is 52.1 Å². The molecule has 0 spiro atoms. The van der Waals surface area contributed by atoms with Gasteiger partial charge in [-0.25, -0.2) is 4.98 Å². The summed E-state index contributed by atoms with van der Waals surface area (Å²) < 4.78 is 7.49. The first kappa shape index (κ1) is 27.9. The molecule has 0 N–H and O–H groups in total. The van der Waals surface area contributed by atoms with Crippen molar-refractivity contribution >= 4 is 45.8 Å². The Hall–Kier alpha value is -3.68. The number of para-hydroxylation sites is 3. The average Bonchev–Trinajstić information content (AvgIpc) is 3.50. The lowest BCUT2D eigenvalue weighted by Gasteiger charge is -2.32. The second-order valence-corrected chi connectivity index (χ2v) is 10.9. The van der Waals surface area contributed by atoms with E-state index in [1.165, 1.54) is 0 Å². The van der Waals surface area contributed by atoms with Gasteiger partial charge in [-0.2, -0.15) is 0 Å². The van der Waals surface area contributed by atoms with E-state index in [1.54, 1.807) is 24.1 Å². The molecule has 5 rings (SSSR count). The molecular formula is C32H35ClN4O3. The van der Waals surface area contributed by atoms with E-state index in [9.17, 15) is 9.59 Å². The van der Waals surface area contributed by atoms with Gasteiger partial charge in [0.1, 0.15) is 12.4 Å². The number of benzene rings is 3. The Balaban J connectivity index is 1.53. The van der Waals surface area contributed by atoms with Crippen LogP contribution < -0.4 is 9.80 Å². The van der Waals surface area contributed by atoms with Gasteiger partial charge in [0.15, 0.2) is 0 Å². The molecule has 2 unspecified atom stereocenters. The van der Waals surface area contributed by atoms with E-state index in [2.05, 4.69) is 13.0 Å². The maximum absolute atomic E-state index is 14.3. The van der Waals surface area contributed by atoms with Crippen LogP contribution in [0.2, 0.25) is 5.02 Å². The number of ether oxygens (including phenoxy) is 1. The predicted molar refractivity (Wildman–Crippen MR) is 160 cm³/mol. The summed E-state index contributed by atoms with van der Waals surface area (Å²) in [5.74, 6) is 0.578. The minimum Gasteiger partial charge on any atom is -0.383 e. The fourth-order valence-electron chi connectivity index (χ4n) is 5.79. The number of nitrogens with zero attached hydrogens (tertiary/aromatic N) is 4. The van der Waals surface area contributed by atoms with Gasteiger partial charge in [-0.1, -0.05) is 48.9 Å². The van der Waals surface area contributed by atoms with E-state index < -0.39 is 0 Å². The summed E-state index contributed by atoms with van der Waals surface area (Å²) in [5.41, 5.74) is 5.60.